The highest BCUT2D eigenvalue weighted by Gasteiger charge is 2.32. The smallest absolute Gasteiger partial charge is 0.390 e. The summed E-state index contributed by atoms with van der Waals surface area (Å²) in [7, 11) is 1.90. The summed E-state index contributed by atoms with van der Waals surface area (Å²) in [5.41, 5.74) is -0.904. The third-order valence-corrected chi connectivity index (χ3v) is 6.59. The lowest BCUT2D eigenvalue weighted by Crippen LogP contribution is -2.25. The van der Waals surface area contributed by atoms with Crippen molar-refractivity contribution in [3.63, 3.8) is 0 Å². The molecule has 0 bridgehead atoms. The van der Waals surface area contributed by atoms with Gasteiger partial charge >= 0.3 is 6.18 Å². The van der Waals surface area contributed by atoms with Gasteiger partial charge in [-0.1, -0.05) is 34.1 Å². The minimum atomic E-state index is -4.58. The summed E-state index contributed by atoms with van der Waals surface area (Å²) in [6.45, 7) is 12.1. The second-order valence-corrected chi connectivity index (χ2v) is 10.9. The van der Waals surface area contributed by atoms with Crippen molar-refractivity contribution in [1.29, 1.82) is 0 Å². The van der Waals surface area contributed by atoms with Gasteiger partial charge in [0.15, 0.2) is 5.49 Å². The number of halogens is 3. The summed E-state index contributed by atoms with van der Waals surface area (Å²) in [6.07, 6.45) is -2.76. The molecule has 0 atom stereocenters. The number of carbonyl (C=O) groups is 1. The number of benzene rings is 1. The maximum absolute atomic E-state index is 13.4. The fourth-order valence-electron chi connectivity index (χ4n) is 3.36. The van der Waals surface area contributed by atoms with E-state index in [1.54, 1.807) is 13.8 Å². The SMILES string of the molecule is CCCCn1c(=NC(=O)c2cc(C(F)(F)F)ccc2SCC(C)(C)O)cc(C(C)(C)C)n1C. The molecule has 1 aromatic heterocycles. The molecule has 0 aliphatic heterocycles. The molecule has 1 aromatic carbocycles. The van der Waals surface area contributed by atoms with Gasteiger partial charge in [0.05, 0.1) is 16.7 Å². The predicted molar refractivity (Wildman–Crippen MR) is 125 cm³/mol. The van der Waals surface area contributed by atoms with Gasteiger partial charge in [-0.25, -0.2) is 0 Å². The summed E-state index contributed by atoms with van der Waals surface area (Å²) in [5, 5.41) is 10.0. The van der Waals surface area contributed by atoms with Crippen molar-refractivity contribution in [2.75, 3.05) is 5.75 Å². The molecule has 2 rings (SSSR count). The molecule has 0 radical (unpaired) electrons. The first-order valence-electron chi connectivity index (χ1n) is 11.0. The zero-order valence-corrected chi connectivity index (χ0v) is 21.2. The minimum Gasteiger partial charge on any atom is -0.390 e. The molecule has 0 fully saturated rings. The Balaban J connectivity index is 2.64. The van der Waals surface area contributed by atoms with Crippen LogP contribution in [0.1, 0.15) is 76.0 Å². The van der Waals surface area contributed by atoms with E-state index in [-0.39, 0.29) is 16.7 Å². The lowest BCUT2D eigenvalue weighted by atomic mass is 9.92. The molecule has 1 heterocycles. The molecule has 1 amide bonds. The van der Waals surface area contributed by atoms with Gasteiger partial charge in [0.1, 0.15) is 0 Å². The van der Waals surface area contributed by atoms with Crippen molar-refractivity contribution in [3.8, 4) is 0 Å². The van der Waals surface area contributed by atoms with Crippen LogP contribution in [0.25, 0.3) is 0 Å². The molecule has 9 heteroatoms. The highest BCUT2D eigenvalue weighted by Crippen LogP contribution is 2.34. The zero-order valence-electron chi connectivity index (χ0n) is 20.4. The predicted octanol–water partition coefficient (Wildman–Crippen LogP) is 5.55. The Hall–Kier alpha value is -2.00. The number of alkyl halides is 3. The summed E-state index contributed by atoms with van der Waals surface area (Å²) in [5.74, 6) is -0.523. The van der Waals surface area contributed by atoms with Gasteiger partial charge in [-0.05, 0) is 38.5 Å². The molecule has 0 spiro atoms. The third-order valence-electron chi connectivity index (χ3n) is 5.07. The number of hydrogen-bond donors (Lipinski definition) is 1. The van der Waals surface area contributed by atoms with Crippen LogP contribution in [0.4, 0.5) is 13.2 Å². The van der Waals surface area contributed by atoms with Crippen LogP contribution in [-0.2, 0) is 25.2 Å². The summed E-state index contributed by atoms with van der Waals surface area (Å²) in [4.78, 5) is 17.8. The van der Waals surface area contributed by atoms with E-state index >= 15 is 0 Å². The molecule has 2 aromatic rings. The van der Waals surface area contributed by atoms with Gasteiger partial charge in [0.2, 0.25) is 0 Å². The lowest BCUT2D eigenvalue weighted by molar-refractivity contribution is -0.137. The zero-order chi connectivity index (χ0) is 25.2. The average Bonchev–Trinajstić information content (AvgIpc) is 2.98. The van der Waals surface area contributed by atoms with Crippen molar-refractivity contribution >= 4 is 17.7 Å². The number of unbranched alkanes of at least 4 members (excludes halogenated alkanes) is 1. The summed E-state index contributed by atoms with van der Waals surface area (Å²) < 4.78 is 43.9. The second-order valence-electron chi connectivity index (χ2n) is 9.86. The molecule has 33 heavy (non-hydrogen) atoms. The number of thioether (sulfide) groups is 1. The summed E-state index contributed by atoms with van der Waals surface area (Å²) >= 11 is 1.13. The molecule has 0 unspecified atom stereocenters. The Morgan fingerprint density at radius 2 is 1.76 bits per heavy atom. The Bertz CT molecular complexity index is 1050. The molecule has 0 saturated heterocycles. The molecular formula is C24H34F3N3O2S. The first kappa shape index (κ1) is 27.2. The van der Waals surface area contributed by atoms with E-state index in [1.807, 2.05) is 22.5 Å². The first-order chi connectivity index (χ1) is 15.0. The van der Waals surface area contributed by atoms with Crippen LogP contribution in [0.3, 0.4) is 0 Å². The van der Waals surface area contributed by atoms with Crippen molar-refractivity contribution in [2.45, 2.75) is 83.0 Å². The summed E-state index contributed by atoms with van der Waals surface area (Å²) in [6, 6.07) is 4.90. The van der Waals surface area contributed by atoms with E-state index in [0.29, 0.717) is 16.9 Å². The van der Waals surface area contributed by atoms with Crippen LogP contribution in [0, 0.1) is 0 Å². The molecule has 0 saturated carbocycles. The van der Waals surface area contributed by atoms with Gasteiger partial charge in [0.25, 0.3) is 5.91 Å². The second kappa shape index (κ2) is 10.1. The van der Waals surface area contributed by atoms with Crippen LogP contribution in [0.15, 0.2) is 34.2 Å². The van der Waals surface area contributed by atoms with Crippen molar-refractivity contribution in [1.82, 2.24) is 9.36 Å². The van der Waals surface area contributed by atoms with Gasteiger partial charge in [-0.15, -0.1) is 11.8 Å². The maximum atomic E-state index is 13.4. The van der Waals surface area contributed by atoms with E-state index < -0.39 is 23.2 Å². The number of carbonyl (C=O) groups excluding carboxylic acids is 1. The van der Waals surface area contributed by atoms with Crippen LogP contribution in [0.5, 0.6) is 0 Å². The Kier molecular flexibility index (Phi) is 8.33. The number of rotatable bonds is 7. The monoisotopic (exact) mass is 485 g/mol. The number of amides is 1. The van der Waals surface area contributed by atoms with Gasteiger partial charge < -0.3 is 5.11 Å². The van der Waals surface area contributed by atoms with E-state index in [1.165, 1.54) is 6.07 Å². The largest absolute Gasteiger partial charge is 0.416 e. The Labute approximate surface area is 197 Å². The molecule has 0 aliphatic carbocycles. The van der Waals surface area contributed by atoms with Crippen LogP contribution in [0.2, 0.25) is 0 Å². The lowest BCUT2D eigenvalue weighted by Gasteiger charge is -2.20. The van der Waals surface area contributed by atoms with Crippen LogP contribution < -0.4 is 5.49 Å². The van der Waals surface area contributed by atoms with Gasteiger partial charge in [-0.3, -0.25) is 14.2 Å². The molecule has 5 nitrogen and oxygen atoms in total. The topological polar surface area (TPSA) is 59.5 Å². The number of nitrogens with zero attached hydrogens (tertiary/aromatic N) is 3. The standard InChI is InChI=1S/C24H34F3N3O2S/c1-8-9-12-30-20(14-19(29(30)7)22(2,3)4)28-21(31)17-13-16(24(25,26)27)10-11-18(17)33-15-23(5,6)32/h10-11,13-14,32H,8-9,12,15H2,1-7H3. The van der Waals surface area contributed by atoms with Crippen molar-refractivity contribution < 1.29 is 23.1 Å². The molecular weight excluding hydrogens is 451 g/mol. The molecule has 1 N–H and O–H groups in total. The first-order valence-corrected chi connectivity index (χ1v) is 12.0. The van der Waals surface area contributed by atoms with E-state index in [2.05, 4.69) is 32.7 Å². The fraction of sp³-hybridized carbons (Fsp3) is 0.583. The van der Waals surface area contributed by atoms with Crippen molar-refractivity contribution in [3.05, 3.63) is 46.6 Å². The highest BCUT2D eigenvalue weighted by atomic mass is 32.2. The number of aromatic nitrogens is 2. The number of aliphatic hydroxyl groups is 1. The quantitative estimate of drug-likeness (QED) is 0.524. The average molecular weight is 486 g/mol. The number of hydrogen-bond acceptors (Lipinski definition) is 3. The van der Waals surface area contributed by atoms with E-state index in [4.69, 9.17) is 0 Å². The van der Waals surface area contributed by atoms with Crippen molar-refractivity contribution in [2.24, 2.45) is 12.0 Å². The van der Waals surface area contributed by atoms with Crippen LogP contribution in [-0.4, -0.2) is 31.7 Å². The van der Waals surface area contributed by atoms with E-state index in [0.717, 1.165) is 42.4 Å². The van der Waals surface area contributed by atoms with Gasteiger partial charge in [-0.2, -0.15) is 18.2 Å². The maximum Gasteiger partial charge on any atom is 0.416 e. The fourth-order valence-corrected chi connectivity index (χ4v) is 4.33. The molecule has 184 valence electrons. The Morgan fingerprint density at radius 3 is 2.27 bits per heavy atom. The third kappa shape index (κ3) is 7.24. The van der Waals surface area contributed by atoms with Gasteiger partial charge in [0, 0.05) is 41.4 Å². The Morgan fingerprint density at radius 1 is 1.12 bits per heavy atom. The highest BCUT2D eigenvalue weighted by molar-refractivity contribution is 7.99. The van der Waals surface area contributed by atoms with Crippen LogP contribution >= 0.6 is 11.8 Å². The minimum absolute atomic E-state index is 0.123. The molecule has 0 aliphatic rings. The van der Waals surface area contributed by atoms with E-state index in [9.17, 15) is 23.1 Å². The normalized spacial score (nSPS) is 13.6.